The van der Waals surface area contributed by atoms with E-state index in [0.29, 0.717) is 11.7 Å². The minimum absolute atomic E-state index is 0.173. The van der Waals surface area contributed by atoms with Gasteiger partial charge in [-0.1, -0.05) is 17.7 Å². The average molecular weight is 312 g/mol. The average Bonchev–Trinajstić information content (AvgIpc) is 2.96. The predicted octanol–water partition coefficient (Wildman–Crippen LogP) is 3.88. The number of carbonyl (C=O) groups excluding carboxylic acids is 1. The number of rotatable bonds is 2. The molecule has 0 bridgehead atoms. The summed E-state index contributed by atoms with van der Waals surface area (Å²) in [5, 5.41) is 0. The van der Waals surface area contributed by atoms with Crippen LogP contribution in [0.2, 0.25) is 0 Å². The molecule has 0 radical (unpaired) electrons. The number of hydrogen-bond donors (Lipinski definition) is 0. The number of methoxy groups -OCH3 is 2. The fraction of sp³-hybridized carbons (Fsp3) is 0.550. The maximum Gasteiger partial charge on any atom is 0.166 e. The Bertz CT molecular complexity index is 664. The molecular formula is C20H24O3. The van der Waals surface area contributed by atoms with Gasteiger partial charge < -0.3 is 9.47 Å². The molecule has 0 amide bonds. The van der Waals surface area contributed by atoms with E-state index in [2.05, 4.69) is 18.2 Å². The van der Waals surface area contributed by atoms with Gasteiger partial charge in [0.25, 0.3) is 0 Å². The Morgan fingerprint density at radius 2 is 2.13 bits per heavy atom. The minimum Gasteiger partial charge on any atom is -0.497 e. The number of ketones is 1. The second-order valence-electron chi connectivity index (χ2n) is 7.31. The van der Waals surface area contributed by atoms with Crippen LogP contribution in [0.5, 0.6) is 0 Å². The maximum atomic E-state index is 13.3. The van der Waals surface area contributed by atoms with E-state index in [9.17, 15) is 4.79 Å². The maximum absolute atomic E-state index is 13.3. The quantitative estimate of drug-likeness (QED) is 0.776. The van der Waals surface area contributed by atoms with Crippen LogP contribution >= 0.6 is 0 Å². The summed E-state index contributed by atoms with van der Waals surface area (Å²) < 4.78 is 10.8. The summed E-state index contributed by atoms with van der Waals surface area (Å²) in [4.78, 5) is 13.3. The molecular weight excluding hydrogens is 288 g/mol. The third-order valence-electron chi connectivity index (χ3n) is 6.09. The fourth-order valence-electron chi connectivity index (χ4n) is 4.74. The number of ether oxygens (including phenoxy) is 2. The van der Waals surface area contributed by atoms with Gasteiger partial charge in [0.05, 0.1) is 13.2 Å². The molecule has 0 heterocycles. The molecule has 3 unspecified atom stereocenters. The summed E-state index contributed by atoms with van der Waals surface area (Å²) in [6, 6.07) is 0. The van der Waals surface area contributed by atoms with Crippen LogP contribution in [0.25, 0.3) is 0 Å². The second-order valence-corrected chi connectivity index (χ2v) is 7.31. The van der Waals surface area contributed by atoms with E-state index >= 15 is 0 Å². The van der Waals surface area contributed by atoms with Gasteiger partial charge in [0.15, 0.2) is 5.78 Å². The Labute approximate surface area is 137 Å². The Balaban J connectivity index is 1.60. The Morgan fingerprint density at radius 3 is 2.91 bits per heavy atom. The minimum atomic E-state index is -0.198. The number of fused-ring (bicyclic) bond motifs is 1. The lowest BCUT2D eigenvalue weighted by Gasteiger charge is -2.39. The van der Waals surface area contributed by atoms with Crippen LogP contribution in [0.3, 0.4) is 0 Å². The van der Waals surface area contributed by atoms with Gasteiger partial charge in [0, 0.05) is 18.1 Å². The normalized spacial score (nSPS) is 35.8. The lowest BCUT2D eigenvalue weighted by atomic mass is 9.63. The van der Waals surface area contributed by atoms with Crippen molar-refractivity contribution in [3.8, 4) is 0 Å². The molecule has 4 aliphatic rings. The van der Waals surface area contributed by atoms with Crippen molar-refractivity contribution in [2.45, 2.75) is 44.6 Å². The van der Waals surface area contributed by atoms with Crippen molar-refractivity contribution in [1.29, 1.82) is 0 Å². The van der Waals surface area contributed by atoms with Crippen molar-refractivity contribution < 1.29 is 14.3 Å². The molecule has 4 aliphatic carbocycles. The summed E-state index contributed by atoms with van der Waals surface area (Å²) in [6.07, 6.45) is 14.4. The molecule has 0 saturated heterocycles. The zero-order chi connectivity index (χ0) is 16.0. The number of hydrogen-bond acceptors (Lipinski definition) is 3. The van der Waals surface area contributed by atoms with Crippen molar-refractivity contribution in [3.05, 3.63) is 46.8 Å². The smallest absolute Gasteiger partial charge is 0.166 e. The van der Waals surface area contributed by atoms with Gasteiger partial charge in [-0.25, -0.2) is 0 Å². The molecule has 122 valence electrons. The molecule has 0 aliphatic heterocycles. The van der Waals surface area contributed by atoms with E-state index in [1.54, 1.807) is 14.2 Å². The molecule has 4 rings (SSSR count). The molecule has 0 aromatic carbocycles. The van der Waals surface area contributed by atoms with Gasteiger partial charge in [0.2, 0.25) is 0 Å². The summed E-state index contributed by atoms with van der Waals surface area (Å²) in [7, 11) is 3.44. The first-order chi connectivity index (χ1) is 11.1. The number of allylic oxidation sites excluding steroid dienone is 5. The van der Waals surface area contributed by atoms with Crippen LogP contribution in [0.15, 0.2) is 46.8 Å². The Morgan fingerprint density at radius 1 is 1.26 bits per heavy atom. The topological polar surface area (TPSA) is 35.5 Å². The summed E-state index contributed by atoms with van der Waals surface area (Å²) in [6.45, 7) is 0. The molecule has 0 N–H and O–H groups in total. The third kappa shape index (κ3) is 2.33. The fourth-order valence-corrected chi connectivity index (χ4v) is 4.74. The Hall–Kier alpha value is -1.61. The van der Waals surface area contributed by atoms with Gasteiger partial charge in [-0.15, -0.1) is 0 Å². The standard InChI is InChI=1S/C20H24O3/c1-22-16-6-4-14-11-20(12-15(14)9-16)8-7-13-3-5-17(23-2)10-18(13)19(20)21/h4-6,10,13,16H,3,7-9,11-12H2,1-2H3. The predicted molar refractivity (Wildman–Crippen MR) is 88.8 cm³/mol. The summed E-state index contributed by atoms with van der Waals surface area (Å²) in [5.74, 6) is 1.61. The van der Waals surface area contributed by atoms with Gasteiger partial charge in [0.1, 0.15) is 5.76 Å². The van der Waals surface area contributed by atoms with Crippen molar-refractivity contribution in [1.82, 2.24) is 0 Å². The molecule has 1 saturated carbocycles. The molecule has 0 aromatic rings. The largest absolute Gasteiger partial charge is 0.497 e. The highest BCUT2D eigenvalue weighted by molar-refractivity contribution is 6.02. The molecule has 0 aromatic heterocycles. The van der Waals surface area contributed by atoms with Crippen LogP contribution in [0, 0.1) is 11.3 Å². The second kappa shape index (κ2) is 5.48. The highest BCUT2D eigenvalue weighted by Crippen LogP contribution is 2.55. The van der Waals surface area contributed by atoms with Crippen LogP contribution < -0.4 is 0 Å². The van der Waals surface area contributed by atoms with Gasteiger partial charge in [-0.3, -0.25) is 4.79 Å². The number of Topliss-reactive ketones (excluding diaryl/α,β-unsaturated/α-hetero) is 1. The van der Waals surface area contributed by atoms with E-state index in [4.69, 9.17) is 9.47 Å². The molecule has 1 spiro atoms. The Kier molecular flexibility index (Phi) is 3.56. The number of carbonyl (C=O) groups is 1. The van der Waals surface area contributed by atoms with Gasteiger partial charge >= 0.3 is 0 Å². The lowest BCUT2D eigenvalue weighted by molar-refractivity contribution is -0.127. The zero-order valence-electron chi connectivity index (χ0n) is 13.9. The van der Waals surface area contributed by atoms with Crippen molar-refractivity contribution in [3.63, 3.8) is 0 Å². The monoisotopic (exact) mass is 312 g/mol. The van der Waals surface area contributed by atoms with Crippen molar-refractivity contribution in [2.24, 2.45) is 11.3 Å². The molecule has 23 heavy (non-hydrogen) atoms. The first-order valence-corrected chi connectivity index (χ1v) is 8.57. The first-order valence-electron chi connectivity index (χ1n) is 8.57. The lowest BCUT2D eigenvalue weighted by Crippen LogP contribution is -2.38. The van der Waals surface area contributed by atoms with Crippen LogP contribution in [-0.2, 0) is 14.3 Å². The zero-order valence-corrected chi connectivity index (χ0v) is 13.9. The van der Waals surface area contributed by atoms with E-state index in [1.807, 2.05) is 6.08 Å². The SMILES string of the molecule is COC1=CCC2CCC3(CC4=C(CC(OC)C=C4)C3)C(=O)C2=C1. The van der Waals surface area contributed by atoms with Crippen molar-refractivity contribution in [2.75, 3.05) is 14.2 Å². The summed E-state index contributed by atoms with van der Waals surface area (Å²) in [5.41, 5.74) is 3.62. The van der Waals surface area contributed by atoms with E-state index in [-0.39, 0.29) is 11.5 Å². The van der Waals surface area contributed by atoms with Crippen molar-refractivity contribution >= 4 is 5.78 Å². The van der Waals surface area contributed by atoms with Crippen LogP contribution in [0.4, 0.5) is 0 Å². The van der Waals surface area contributed by atoms with E-state index in [0.717, 1.165) is 49.9 Å². The molecule has 3 heteroatoms. The molecule has 1 fully saturated rings. The summed E-state index contributed by atoms with van der Waals surface area (Å²) >= 11 is 0. The van der Waals surface area contributed by atoms with E-state index in [1.165, 1.54) is 11.1 Å². The third-order valence-corrected chi connectivity index (χ3v) is 6.09. The van der Waals surface area contributed by atoms with Gasteiger partial charge in [-0.2, -0.15) is 0 Å². The molecule has 3 atom stereocenters. The van der Waals surface area contributed by atoms with Gasteiger partial charge in [-0.05, 0) is 62.2 Å². The van der Waals surface area contributed by atoms with Crippen LogP contribution in [-0.4, -0.2) is 26.1 Å². The highest BCUT2D eigenvalue weighted by atomic mass is 16.5. The molecule has 3 nitrogen and oxygen atoms in total. The first kappa shape index (κ1) is 14.9. The van der Waals surface area contributed by atoms with Crippen LogP contribution in [0.1, 0.15) is 38.5 Å². The van der Waals surface area contributed by atoms with E-state index < -0.39 is 0 Å². The highest BCUT2D eigenvalue weighted by Gasteiger charge is 2.50.